The number of rotatable bonds is 9. The summed E-state index contributed by atoms with van der Waals surface area (Å²) < 4.78 is 11.2. The van der Waals surface area contributed by atoms with Gasteiger partial charge in [0.2, 0.25) is 0 Å². The van der Waals surface area contributed by atoms with Gasteiger partial charge in [-0.15, -0.1) is 0 Å². The average molecular weight is 356 g/mol. The van der Waals surface area contributed by atoms with E-state index >= 15 is 0 Å². The molecule has 0 aliphatic heterocycles. The minimum Gasteiger partial charge on any atom is -0.496 e. The molecule has 1 amide bonds. The summed E-state index contributed by atoms with van der Waals surface area (Å²) in [4.78, 5) is 14.9. The SMILES string of the molecule is CCN(CC)CCOc1ccccc1NC(=O)c1ccc(C)c(OC)c1. The molecule has 0 bridgehead atoms. The second kappa shape index (κ2) is 9.82. The summed E-state index contributed by atoms with van der Waals surface area (Å²) in [6.07, 6.45) is 0. The topological polar surface area (TPSA) is 50.8 Å². The summed E-state index contributed by atoms with van der Waals surface area (Å²) in [6.45, 7) is 9.62. The molecule has 5 heteroatoms. The Morgan fingerprint density at radius 1 is 1.08 bits per heavy atom. The summed E-state index contributed by atoms with van der Waals surface area (Å²) >= 11 is 0. The van der Waals surface area contributed by atoms with Crippen LogP contribution in [0.2, 0.25) is 0 Å². The molecule has 2 aromatic carbocycles. The second-order valence-electron chi connectivity index (χ2n) is 6.01. The lowest BCUT2D eigenvalue weighted by molar-refractivity contribution is 0.102. The maximum atomic E-state index is 12.6. The maximum Gasteiger partial charge on any atom is 0.255 e. The number of carbonyl (C=O) groups is 1. The second-order valence-corrected chi connectivity index (χ2v) is 6.01. The van der Waals surface area contributed by atoms with Crippen molar-refractivity contribution in [1.82, 2.24) is 4.90 Å². The standard InChI is InChI=1S/C21H28N2O3/c1-5-23(6-2)13-14-26-19-10-8-7-9-18(19)22-21(24)17-12-11-16(3)20(15-17)25-4/h7-12,15H,5-6,13-14H2,1-4H3,(H,22,24). The Labute approximate surface area is 155 Å². The fraction of sp³-hybridized carbons (Fsp3) is 0.381. The van der Waals surface area contributed by atoms with E-state index in [1.54, 1.807) is 19.2 Å². The number of nitrogens with zero attached hydrogens (tertiary/aromatic N) is 1. The Balaban J connectivity index is 2.06. The largest absolute Gasteiger partial charge is 0.496 e. The Hall–Kier alpha value is -2.53. The van der Waals surface area contributed by atoms with Gasteiger partial charge in [-0.25, -0.2) is 0 Å². The van der Waals surface area contributed by atoms with Gasteiger partial charge >= 0.3 is 0 Å². The summed E-state index contributed by atoms with van der Waals surface area (Å²) in [5.74, 6) is 1.18. The van der Waals surface area contributed by atoms with Gasteiger partial charge in [0.25, 0.3) is 5.91 Å². The number of amides is 1. The number of likely N-dealkylation sites (N-methyl/N-ethyl adjacent to an activating group) is 1. The third-order valence-electron chi connectivity index (χ3n) is 4.37. The molecule has 140 valence electrons. The Kier molecular flexibility index (Phi) is 7.48. The number of methoxy groups -OCH3 is 1. The van der Waals surface area contributed by atoms with Crippen LogP contribution in [0.4, 0.5) is 5.69 Å². The Bertz CT molecular complexity index is 727. The van der Waals surface area contributed by atoms with Crippen LogP contribution >= 0.6 is 0 Å². The highest BCUT2D eigenvalue weighted by Crippen LogP contribution is 2.25. The lowest BCUT2D eigenvalue weighted by atomic mass is 10.1. The molecule has 0 radical (unpaired) electrons. The molecule has 0 spiro atoms. The Morgan fingerprint density at radius 2 is 1.81 bits per heavy atom. The first-order valence-electron chi connectivity index (χ1n) is 8.99. The van der Waals surface area contributed by atoms with Gasteiger partial charge in [0.1, 0.15) is 18.1 Å². The summed E-state index contributed by atoms with van der Waals surface area (Å²) in [5, 5.41) is 2.93. The molecule has 26 heavy (non-hydrogen) atoms. The molecule has 0 fully saturated rings. The molecular weight excluding hydrogens is 328 g/mol. The summed E-state index contributed by atoms with van der Waals surface area (Å²) in [7, 11) is 1.60. The van der Waals surface area contributed by atoms with Gasteiger partial charge < -0.3 is 19.7 Å². The lowest BCUT2D eigenvalue weighted by Gasteiger charge is -2.19. The van der Waals surface area contributed by atoms with Gasteiger partial charge in [-0.2, -0.15) is 0 Å². The van der Waals surface area contributed by atoms with E-state index in [1.807, 2.05) is 37.3 Å². The molecule has 2 aromatic rings. The third-order valence-corrected chi connectivity index (χ3v) is 4.37. The first-order valence-corrected chi connectivity index (χ1v) is 8.99. The number of aryl methyl sites for hydroxylation is 1. The summed E-state index contributed by atoms with van der Waals surface area (Å²) in [6, 6.07) is 12.9. The minimum absolute atomic E-state index is 0.192. The van der Waals surface area contributed by atoms with E-state index in [0.29, 0.717) is 29.4 Å². The molecule has 0 saturated heterocycles. The van der Waals surface area contributed by atoms with E-state index in [0.717, 1.165) is 25.2 Å². The summed E-state index contributed by atoms with van der Waals surface area (Å²) in [5.41, 5.74) is 2.20. The van der Waals surface area contributed by atoms with E-state index in [2.05, 4.69) is 24.1 Å². The fourth-order valence-corrected chi connectivity index (χ4v) is 2.68. The van der Waals surface area contributed by atoms with Gasteiger partial charge in [0.15, 0.2) is 0 Å². The lowest BCUT2D eigenvalue weighted by Crippen LogP contribution is -2.28. The van der Waals surface area contributed by atoms with Crippen molar-refractivity contribution in [3.8, 4) is 11.5 Å². The van der Waals surface area contributed by atoms with Crippen LogP contribution in [0.3, 0.4) is 0 Å². The predicted molar refractivity (Wildman–Crippen MR) is 105 cm³/mol. The maximum absolute atomic E-state index is 12.6. The minimum atomic E-state index is -0.192. The van der Waals surface area contributed by atoms with E-state index in [4.69, 9.17) is 9.47 Å². The van der Waals surface area contributed by atoms with Crippen LogP contribution in [-0.2, 0) is 0 Å². The van der Waals surface area contributed by atoms with Gasteiger partial charge in [-0.3, -0.25) is 4.79 Å². The number of carbonyl (C=O) groups excluding carboxylic acids is 1. The highest BCUT2D eigenvalue weighted by atomic mass is 16.5. The molecular formula is C21H28N2O3. The zero-order valence-electron chi connectivity index (χ0n) is 16.0. The average Bonchev–Trinajstić information content (AvgIpc) is 2.66. The van der Waals surface area contributed by atoms with Crippen molar-refractivity contribution in [3.63, 3.8) is 0 Å². The quantitative estimate of drug-likeness (QED) is 0.738. The molecule has 0 aliphatic rings. The zero-order chi connectivity index (χ0) is 18.9. The van der Waals surface area contributed by atoms with Gasteiger partial charge in [0.05, 0.1) is 12.8 Å². The molecule has 0 aromatic heterocycles. The number of hydrogen-bond acceptors (Lipinski definition) is 4. The van der Waals surface area contributed by atoms with Crippen molar-refractivity contribution in [1.29, 1.82) is 0 Å². The molecule has 1 N–H and O–H groups in total. The van der Waals surface area contributed by atoms with E-state index in [-0.39, 0.29) is 5.91 Å². The molecule has 0 unspecified atom stereocenters. The van der Waals surface area contributed by atoms with Gasteiger partial charge in [-0.1, -0.05) is 32.0 Å². The van der Waals surface area contributed by atoms with Crippen molar-refractivity contribution >= 4 is 11.6 Å². The number of ether oxygens (including phenoxy) is 2. The molecule has 0 atom stereocenters. The van der Waals surface area contributed by atoms with Crippen LogP contribution in [0.1, 0.15) is 29.8 Å². The third kappa shape index (κ3) is 5.23. The predicted octanol–water partition coefficient (Wildman–Crippen LogP) is 3.98. The molecule has 0 heterocycles. The van der Waals surface area contributed by atoms with Gasteiger partial charge in [-0.05, 0) is 49.8 Å². The zero-order valence-corrected chi connectivity index (χ0v) is 16.0. The highest BCUT2D eigenvalue weighted by molar-refractivity contribution is 6.05. The number of nitrogens with one attached hydrogen (secondary N) is 1. The van der Waals surface area contributed by atoms with Crippen LogP contribution in [0, 0.1) is 6.92 Å². The van der Waals surface area contributed by atoms with Crippen molar-refractivity contribution in [2.75, 3.05) is 38.7 Å². The fourth-order valence-electron chi connectivity index (χ4n) is 2.68. The van der Waals surface area contributed by atoms with Crippen molar-refractivity contribution in [2.45, 2.75) is 20.8 Å². The normalized spacial score (nSPS) is 10.7. The monoisotopic (exact) mass is 356 g/mol. The first-order chi connectivity index (χ1) is 12.6. The Morgan fingerprint density at radius 3 is 2.50 bits per heavy atom. The smallest absolute Gasteiger partial charge is 0.255 e. The van der Waals surface area contributed by atoms with Crippen LogP contribution < -0.4 is 14.8 Å². The number of anilines is 1. The van der Waals surface area contributed by atoms with Crippen LogP contribution in [0.5, 0.6) is 11.5 Å². The van der Waals surface area contributed by atoms with Crippen molar-refractivity contribution in [3.05, 3.63) is 53.6 Å². The van der Waals surface area contributed by atoms with Crippen molar-refractivity contribution in [2.24, 2.45) is 0 Å². The van der Waals surface area contributed by atoms with Crippen molar-refractivity contribution < 1.29 is 14.3 Å². The molecule has 2 rings (SSSR count). The first kappa shape index (κ1) is 19.8. The molecule has 5 nitrogen and oxygen atoms in total. The van der Waals surface area contributed by atoms with Crippen LogP contribution in [-0.4, -0.2) is 44.2 Å². The van der Waals surface area contributed by atoms with E-state index in [9.17, 15) is 4.79 Å². The molecule has 0 aliphatic carbocycles. The van der Waals surface area contributed by atoms with E-state index < -0.39 is 0 Å². The van der Waals surface area contributed by atoms with E-state index in [1.165, 1.54) is 0 Å². The van der Waals surface area contributed by atoms with Crippen LogP contribution in [0.15, 0.2) is 42.5 Å². The number of hydrogen-bond donors (Lipinski definition) is 1. The highest BCUT2D eigenvalue weighted by Gasteiger charge is 2.12. The van der Waals surface area contributed by atoms with Crippen LogP contribution in [0.25, 0.3) is 0 Å². The molecule has 0 saturated carbocycles. The number of para-hydroxylation sites is 2. The number of benzene rings is 2. The van der Waals surface area contributed by atoms with Gasteiger partial charge in [0, 0.05) is 12.1 Å².